The minimum Gasteiger partial charge on any atom is -0.480 e. The van der Waals surface area contributed by atoms with Crippen LogP contribution >= 0.6 is 34.8 Å². The molecule has 2 saturated heterocycles. The Morgan fingerprint density at radius 2 is 1.36 bits per heavy atom. The number of rotatable bonds is 8. The summed E-state index contributed by atoms with van der Waals surface area (Å²) < 4.78 is 27.6. The number of amides is 7. The average molecular weight is 870 g/mol. The fraction of sp³-hybridized carbons (Fsp3) is 0.179. The number of urea groups is 1. The van der Waals surface area contributed by atoms with Crippen LogP contribution in [0.1, 0.15) is 28.7 Å². The third kappa shape index (κ3) is 6.55. The predicted molar refractivity (Wildman–Crippen MR) is 204 cm³/mol. The van der Waals surface area contributed by atoms with E-state index in [9.17, 15) is 57.4 Å². The van der Waals surface area contributed by atoms with Crippen molar-refractivity contribution in [3.63, 3.8) is 0 Å². The summed E-state index contributed by atoms with van der Waals surface area (Å²) in [6, 6.07) is 16.9. The predicted octanol–water partition coefficient (Wildman–Crippen LogP) is 4.41. The van der Waals surface area contributed by atoms with Gasteiger partial charge < -0.3 is 15.5 Å². The number of hydrogen-bond donors (Lipinski definition) is 4. The molecule has 2 fully saturated rings. The van der Waals surface area contributed by atoms with Gasteiger partial charge in [0.25, 0.3) is 11.4 Å². The van der Waals surface area contributed by atoms with Gasteiger partial charge in [-0.25, -0.2) is 27.6 Å². The maximum Gasteiger partial charge on any atom is 0.360 e. The minimum absolute atomic E-state index is 0.0280. The summed E-state index contributed by atoms with van der Waals surface area (Å²) in [6.07, 6.45) is -0.470. The van der Waals surface area contributed by atoms with Crippen molar-refractivity contribution in [3.05, 3.63) is 128 Å². The Balaban J connectivity index is 0.000000179. The molecule has 20 heteroatoms. The van der Waals surface area contributed by atoms with Gasteiger partial charge in [0, 0.05) is 43.5 Å². The number of quaternary nitrogens is 1. The molecule has 3 atom stereocenters. The van der Waals surface area contributed by atoms with Crippen LogP contribution in [0.15, 0.2) is 78.9 Å². The largest absolute Gasteiger partial charge is 0.480 e. The highest BCUT2D eigenvalue weighted by Gasteiger charge is 2.71. The number of aliphatic carboxylic acids is 2. The van der Waals surface area contributed by atoms with Gasteiger partial charge in [-0.05, 0) is 54.6 Å². The molecule has 7 amide bonds. The zero-order valence-electron chi connectivity index (χ0n) is 29.9. The molecule has 4 heterocycles. The molecule has 0 aliphatic carbocycles. The number of carbonyl (C=O) groups excluding carboxylic acids is 6. The van der Waals surface area contributed by atoms with E-state index in [1.807, 2.05) is 5.32 Å². The van der Waals surface area contributed by atoms with Crippen LogP contribution in [0.5, 0.6) is 0 Å². The summed E-state index contributed by atoms with van der Waals surface area (Å²) in [7, 11) is 0. The smallest absolute Gasteiger partial charge is 0.360 e. The first kappa shape index (κ1) is 40.9. The first-order chi connectivity index (χ1) is 27.8. The molecule has 4 aliphatic heterocycles. The number of nitrogens with one attached hydrogen (secondary N) is 2. The van der Waals surface area contributed by atoms with Gasteiger partial charge in [0.05, 0.1) is 18.5 Å². The summed E-state index contributed by atoms with van der Waals surface area (Å²) in [6.45, 7) is -2.24. The Morgan fingerprint density at radius 1 is 0.746 bits per heavy atom. The maximum atomic E-state index is 14.5. The number of carbonyl (C=O) groups is 8. The summed E-state index contributed by atoms with van der Waals surface area (Å²) in [4.78, 5) is 102. The van der Waals surface area contributed by atoms with E-state index in [0.717, 1.165) is 15.9 Å². The van der Waals surface area contributed by atoms with Gasteiger partial charge in [-0.1, -0.05) is 53.0 Å². The number of halogens is 5. The monoisotopic (exact) mass is 868 g/mol. The lowest BCUT2D eigenvalue weighted by atomic mass is 9.80. The van der Waals surface area contributed by atoms with Gasteiger partial charge in [-0.2, -0.15) is 0 Å². The number of likely N-dealkylation sites (tertiary alicyclic amines) is 1. The average Bonchev–Trinajstić information content (AvgIpc) is 3.76. The van der Waals surface area contributed by atoms with Gasteiger partial charge in [0.2, 0.25) is 17.7 Å². The number of fused-ring (bicyclic) bond motifs is 4. The van der Waals surface area contributed by atoms with Crippen LogP contribution in [0.4, 0.5) is 25.0 Å². The van der Waals surface area contributed by atoms with Gasteiger partial charge in [-0.15, -0.1) is 0 Å². The van der Waals surface area contributed by atoms with Crippen molar-refractivity contribution in [2.45, 2.75) is 30.5 Å². The molecule has 3 unspecified atom stereocenters. The summed E-state index contributed by atoms with van der Waals surface area (Å²) in [5.74, 6) is -8.07. The third-order valence-corrected chi connectivity index (χ3v) is 11.2. The highest BCUT2D eigenvalue weighted by molar-refractivity contribution is 6.33. The molecule has 0 aromatic heterocycles. The van der Waals surface area contributed by atoms with E-state index in [1.54, 1.807) is 6.07 Å². The van der Waals surface area contributed by atoms with Gasteiger partial charge in [-0.3, -0.25) is 39.1 Å². The first-order valence-corrected chi connectivity index (χ1v) is 18.4. The molecule has 0 radical (unpaired) electrons. The first-order valence-electron chi connectivity index (χ1n) is 17.3. The zero-order chi connectivity index (χ0) is 42.8. The number of imide groups is 2. The molecule has 2 spiro atoms. The second-order valence-corrected chi connectivity index (χ2v) is 15.3. The number of carboxylic acid groups (broad SMARTS) is 2. The van der Waals surface area contributed by atoms with Crippen molar-refractivity contribution < 1.29 is 57.4 Å². The maximum absolute atomic E-state index is 14.5. The third-order valence-electron chi connectivity index (χ3n) is 10.5. The molecule has 4 aromatic rings. The van der Waals surface area contributed by atoms with Crippen molar-refractivity contribution in [3.8, 4) is 0 Å². The Labute approximate surface area is 346 Å². The Hall–Kier alpha value is -6.27. The van der Waals surface area contributed by atoms with Crippen LogP contribution in [-0.2, 0) is 57.6 Å². The van der Waals surface area contributed by atoms with Crippen LogP contribution < -0.4 is 20.0 Å². The van der Waals surface area contributed by atoms with Gasteiger partial charge >= 0.3 is 23.9 Å². The topological polar surface area (TPSA) is 208 Å². The van der Waals surface area contributed by atoms with Crippen LogP contribution in [0.3, 0.4) is 0 Å². The molecule has 4 aliphatic rings. The van der Waals surface area contributed by atoms with Crippen LogP contribution in [0, 0.1) is 11.6 Å². The number of hydrogen-bond acceptors (Lipinski definition) is 8. The molecule has 8 rings (SSSR count). The fourth-order valence-corrected chi connectivity index (χ4v) is 8.53. The molecule has 302 valence electrons. The van der Waals surface area contributed by atoms with Crippen LogP contribution in [0.2, 0.25) is 15.1 Å². The number of benzene rings is 4. The molecular weight excluding hydrogens is 843 g/mol. The van der Waals surface area contributed by atoms with Crippen molar-refractivity contribution >= 4 is 93.7 Å². The van der Waals surface area contributed by atoms with Gasteiger partial charge in [0.15, 0.2) is 12.0 Å². The van der Waals surface area contributed by atoms with E-state index >= 15 is 0 Å². The summed E-state index contributed by atoms with van der Waals surface area (Å²) in [5, 5.41) is 23.7. The summed E-state index contributed by atoms with van der Waals surface area (Å²) in [5.41, 5.74) is -3.41. The normalized spacial score (nSPS) is 22.7. The standard InChI is InChI=1S/C20H14ClFN2O5.C19H12Cl2FN3O5/c21-12-5-6-15-13(7-12)20(18(28)23(15)10-17(26)27)8-16(25)24(19(20)29)9-11-3-1-2-4-14(11)22;20-10-1-3-13(22)9(5-10)7-25(8-15(26)27)14-4-2-11(21)6-12(14)19(17(25)29)16(28)23-18(30)24-19/h1-7H,8-10H2,(H,26,27);1-6H,7-8H2,(H2-,23,24,26,27,28,30)/p+1. The highest BCUT2D eigenvalue weighted by atomic mass is 35.5. The van der Waals surface area contributed by atoms with E-state index < -0.39 is 101 Å². The van der Waals surface area contributed by atoms with E-state index in [-0.39, 0.29) is 55.2 Å². The fourth-order valence-electron chi connectivity index (χ4n) is 7.99. The minimum atomic E-state index is -2.18. The molecule has 4 N–H and O–H groups in total. The number of carboxylic acids is 2. The lowest BCUT2D eigenvalue weighted by Gasteiger charge is -2.31. The lowest BCUT2D eigenvalue weighted by Crippen LogP contribution is -2.62. The number of anilines is 1. The van der Waals surface area contributed by atoms with Crippen molar-refractivity contribution in [2.24, 2.45) is 0 Å². The SMILES string of the molecule is O=C(O)CN1C(=O)C2(CC(=O)N(Cc3ccccc3F)C2=O)c2cc(Cl)ccc21.O=C(O)C[N+]1(Cc2cc(Cl)ccc2F)C(=O)C2(NC(=O)NC2=O)c2cc(Cl)ccc21. The zero-order valence-corrected chi connectivity index (χ0v) is 32.2. The molecular formula is C39H27Cl3F2N5O10+. The Bertz CT molecular complexity index is 2600. The van der Waals surface area contributed by atoms with Gasteiger partial charge in [0.1, 0.15) is 30.4 Å². The Morgan fingerprint density at radius 3 is 2.00 bits per heavy atom. The quantitative estimate of drug-likeness (QED) is 0.0850. The molecule has 59 heavy (non-hydrogen) atoms. The van der Waals surface area contributed by atoms with Crippen molar-refractivity contribution in [1.82, 2.24) is 20.0 Å². The number of nitrogens with zero attached hydrogens (tertiary/aromatic N) is 3. The second-order valence-electron chi connectivity index (χ2n) is 13.9. The highest BCUT2D eigenvalue weighted by Crippen LogP contribution is 2.51. The summed E-state index contributed by atoms with van der Waals surface area (Å²) >= 11 is 18.1. The van der Waals surface area contributed by atoms with Crippen molar-refractivity contribution in [1.29, 1.82) is 0 Å². The van der Waals surface area contributed by atoms with E-state index in [4.69, 9.17) is 34.8 Å². The van der Waals surface area contributed by atoms with E-state index in [0.29, 0.717) is 0 Å². The van der Waals surface area contributed by atoms with Crippen LogP contribution in [0.25, 0.3) is 0 Å². The van der Waals surface area contributed by atoms with E-state index in [1.165, 1.54) is 66.7 Å². The Kier molecular flexibility index (Phi) is 10.3. The molecule has 4 aromatic carbocycles. The van der Waals surface area contributed by atoms with Crippen LogP contribution in [-0.4, -0.2) is 75.7 Å². The van der Waals surface area contributed by atoms with Crippen molar-refractivity contribution in [2.75, 3.05) is 18.0 Å². The molecule has 0 bridgehead atoms. The molecule has 15 nitrogen and oxygen atoms in total. The lowest BCUT2D eigenvalue weighted by molar-refractivity contribution is -0.148. The van der Waals surface area contributed by atoms with E-state index in [2.05, 4.69) is 5.32 Å². The second kappa shape index (κ2) is 14.8. The molecule has 0 saturated carbocycles.